The fourth-order valence-corrected chi connectivity index (χ4v) is 5.59. The summed E-state index contributed by atoms with van der Waals surface area (Å²) in [6.07, 6.45) is 0.605. The molecule has 3 aromatic carbocycles. The van der Waals surface area contributed by atoms with Crippen LogP contribution in [0, 0.1) is 0 Å². The van der Waals surface area contributed by atoms with Crippen LogP contribution in [-0.2, 0) is 26.0 Å². The van der Waals surface area contributed by atoms with Gasteiger partial charge in [-0.05, 0) is 54.4 Å². The summed E-state index contributed by atoms with van der Waals surface area (Å²) in [4.78, 5) is 24.9. The minimum atomic E-state index is -3.92. The van der Waals surface area contributed by atoms with E-state index in [0.717, 1.165) is 10.0 Å². The van der Waals surface area contributed by atoms with E-state index in [1.165, 1.54) is 29.6 Å². The second-order valence-corrected chi connectivity index (χ2v) is 10.2. The van der Waals surface area contributed by atoms with Crippen LogP contribution in [0.1, 0.15) is 15.9 Å². The van der Waals surface area contributed by atoms with Crippen LogP contribution in [0.25, 0.3) is 0 Å². The maximum absolute atomic E-state index is 13.3. The normalized spacial score (nSPS) is 12.7. The average molecular weight is 545 g/mol. The Bertz CT molecular complexity index is 1360. The number of rotatable bonds is 7. The number of esters is 1. The van der Waals surface area contributed by atoms with Gasteiger partial charge < -0.3 is 14.8 Å². The van der Waals surface area contributed by atoms with E-state index in [-0.39, 0.29) is 16.2 Å². The number of hydrogen-bond donors (Lipinski definition) is 1. The second-order valence-electron chi connectivity index (χ2n) is 7.45. The maximum atomic E-state index is 13.3. The molecule has 1 N–H and O–H groups in total. The van der Waals surface area contributed by atoms with Crippen molar-refractivity contribution in [2.24, 2.45) is 0 Å². The topological polar surface area (TPSA) is 102 Å². The van der Waals surface area contributed by atoms with Gasteiger partial charge >= 0.3 is 5.97 Å². The van der Waals surface area contributed by atoms with Crippen LogP contribution in [0.4, 0.5) is 11.4 Å². The summed E-state index contributed by atoms with van der Waals surface area (Å²) in [5, 5.41) is 2.62. The smallest absolute Gasteiger partial charge is 0.342 e. The molecule has 0 atom stereocenters. The first-order valence-corrected chi connectivity index (χ1v) is 12.5. The first-order chi connectivity index (χ1) is 16.3. The molecule has 1 aliphatic heterocycles. The quantitative estimate of drug-likeness (QED) is 0.451. The predicted molar refractivity (Wildman–Crippen MR) is 131 cm³/mol. The number of amides is 1. The van der Waals surface area contributed by atoms with Gasteiger partial charge in [0.15, 0.2) is 6.61 Å². The van der Waals surface area contributed by atoms with Crippen molar-refractivity contribution in [1.29, 1.82) is 0 Å². The lowest BCUT2D eigenvalue weighted by Gasteiger charge is -2.20. The van der Waals surface area contributed by atoms with Gasteiger partial charge in [-0.1, -0.05) is 40.2 Å². The summed E-state index contributed by atoms with van der Waals surface area (Å²) in [6, 6.07) is 18.2. The lowest BCUT2D eigenvalue weighted by Crippen LogP contribution is -2.29. The first-order valence-electron chi connectivity index (χ1n) is 10.3. The summed E-state index contributed by atoms with van der Waals surface area (Å²) >= 11 is 3.31. The Morgan fingerprint density at radius 1 is 1.06 bits per heavy atom. The number of anilines is 2. The number of nitrogens with one attached hydrogen (secondary N) is 1. The molecule has 0 saturated carbocycles. The number of carbonyl (C=O) groups excluding carboxylic acids is 2. The SMILES string of the molecule is COc1ccc(S(=O)(=O)N2CCc3ccccc32)cc1C(=O)OCC(=O)Nc1cccc(Br)c1. The number of fused-ring (bicyclic) bond motifs is 1. The van der Waals surface area contributed by atoms with Crippen molar-refractivity contribution in [2.45, 2.75) is 11.3 Å². The van der Waals surface area contributed by atoms with Crippen molar-refractivity contribution in [3.05, 3.63) is 82.3 Å². The van der Waals surface area contributed by atoms with Gasteiger partial charge in [0.1, 0.15) is 11.3 Å². The van der Waals surface area contributed by atoms with Crippen LogP contribution in [0.5, 0.6) is 5.75 Å². The van der Waals surface area contributed by atoms with Gasteiger partial charge in [0.25, 0.3) is 15.9 Å². The molecule has 0 fully saturated rings. The molecule has 1 aliphatic rings. The van der Waals surface area contributed by atoms with Gasteiger partial charge in [0.2, 0.25) is 0 Å². The third-order valence-corrected chi connectivity index (χ3v) is 7.57. The molecule has 10 heteroatoms. The minimum Gasteiger partial charge on any atom is -0.496 e. The van der Waals surface area contributed by atoms with Crippen LogP contribution in [0.3, 0.4) is 0 Å². The van der Waals surface area contributed by atoms with Crippen LogP contribution in [-0.4, -0.2) is 40.6 Å². The molecule has 0 saturated heterocycles. The molecule has 0 spiro atoms. The summed E-state index contributed by atoms with van der Waals surface area (Å²) < 4.78 is 39.1. The van der Waals surface area contributed by atoms with Crippen molar-refractivity contribution >= 4 is 49.2 Å². The molecular formula is C24H21BrN2O6S. The fraction of sp³-hybridized carbons (Fsp3) is 0.167. The lowest BCUT2D eigenvalue weighted by atomic mass is 10.2. The Labute approximate surface area is 205 Å². The number of methoxy groups -OCH3 is 1. The van der Waals surface area contributed by atoms with Gasteiger partial charge in [-0.3, -0.25) is 9.10 Å². The summed E-state index contributed by atoms with van der Waals surface area (Å²) in [5.41, 5.74) is 2.00. The van der Waals surface area contributed by atoms with Crippen molar-refractivity contribution in [2.75, 3.05) is 29.9 Å². The largest absolute Gasteiger partial charge is 0.496 e. The Kier molecular flexibility index (Phi) is 6.90. The van der Waals surface area contributed by atoms with Crippen LogP contribution < -0.4 is 14.4 Å². The third kappa shape index (κ3) is 4.92. The van der Waals surface area contributed by atoms with Crippen molar-refractivity contribution in [1.82, 2.24) is 0 Å². The molecule has 1 heterocycles. The number of hydrogen-bond acceptors (Lipinski definition) is 6. The van der Waals surface area contributed by atoms with Crippen molar-refractivity contribution < 1.29 is 27.5 Å². The summed E-state index contributed by atoms with van der Waals surface area (Å²) in [5.74, 6) is -1.28. The van der Waals surface area contributed by atoms with Gasteiger partial charge in [0.05, 0.1) is 17.7 Å². The highest BCUT2D eigenvalue weighted by Gasteiger charge is 2.31. The molecule has 34 heavy (non-hydrogen) atoms. The number of nitrogens with zero attached hydrogens (tertiary/aromatic N) is 1. The van der Waals surface area contributed by atoms with E-state index in [9.17, 15) is 18.0 Å². The zero-order chi connectivity index (χ0) is 24.3. The number of sulfonamides is 1. The standard InChI is InChI=1S/C24H21BrN2O6S/c1-32-22-10-9-19(34(30,31)27-12-11-16-5-2-3-8-21(16)27)14-20(22)24(29)33-15-23(28)26-18-7-4-6-17(25)13-18/h2-10,13-14H,11-12,15H2,1H3,(H,26,28). The molecule has 1 amide bonds. The number of halogens is 1. The predicted octanol–water partition coefficient (Wildman–Crippen LogP) is 4.00. The van der Waals surface area contributed by atoms with Crippen LogP contribution in [0.2, 0.25) is 0 Å². The number of ether oxygens (including phenoxy) is 2. The maximum Gasteiger partial charge on any atom is 0.342 e. The zero-order valence-electron chi connectivity index (χ0n) is 18.2. The molecule has 4 rings (SSSR count). The molecule has 0 radical (unpaired) electrons. The Hall–Kier alpha value is -3.37. The molecule has 0 unspecified atom stereocenters. The summed E-state index contributed by atoms with van der Waals surface area (Å²) in [7, 11) is -2.56. The average Bonchev–Trinajstić information content (AvgIpc) is 3.27. The van der Waals surface area contributed by atoms with Gasteiger partial charge in [0, 0.05) is 16.7 Å². The second kappa shape index (κ2) is 9.86. The van der Waals surface area contributed by atoms with E-state index < -0.39 is 28.5 Å². The molecule has 176 valence electrons. The zero-order valence-corrected chi connectivity index (χ0v) is 20.6. The van der Waals surface area contributed by atoms with Gasteiger partial charge in [-0.25, -0.2) is 13.2 Å². The first kappa shape index (κ1) is 23.8. The summed E-state index contributed by atoms with van der Waals surface area (Å²) in [6.45, 7) is -0.242. The van der Waals surface area contributed by atoms with Crippen LogP contribution >= 0.6 is 15.9 Å². The van der Waals surface area contributed by atoms with E-state index in [1.54, 1.807) is 30.3 Å². The number of carbonyl (C=O) groups is 2. The Morgan fingerprint density at radius 3 is 2.62 bits per heavy atom. The highest BCUT2D eigenvalue weighted by Crippen LogP contribution is 2.34. The molecule has 0 aliphatic carbocycles. The highest BCUT2D eigenvalue weighted by molar-refractivity contribution is 9.10. The third-order valence-electron chi connectivity index (χ3n) is 5.27. The van der Waals surface area contributed by atoms with Crippen molar-refractivity contribution in [3.8, 4) is 5.75 Å². The number of para-hydroxylation sites is 1. The van der Waals surface area contributed by atoms with E-state index in [1.807, 2.05) is 18.2 Å². The number of benzene rings is 3. The molecule has 0 aromatic heterocycles. The van der Waals surface area contributed by atoms with Gasteiger partial charge in [-0.15, -0.1) is 0 Å². The van der Waals surface area contributed by atoms with E-state index >= 15 is 0 Å². The Balaban J connectivity index is 1.52. The minimum absolute atomic E-state index is 0.0736. The van der Waals surface area contributed by atoms with E-state index in [0.29, 0.717) is 24.3 Å². The lowest BCUT2D eigenvalue weighted by molar-refractivity contribution is -0.119. The van der Waals surface area contributed by atoms with Crippen LogP contribution in [0.15, 0.2) is 76.1 Å². The highest BCUT2D eigenvalue weighted by atomic mass is 79.9. The molecule has 8 nitrogen and oxygen atoms in total. The van der Waals surface area contributed by atoms with Gasteiger partial charge in [-0.2, -0.15) is 0 Å². The Morgan fingerprint density at radius 2 is 1.85 bits per heavy atom. The van der Waals surface area contributed by atoms with Crippen molar-refractivity contribution in [3.63, 3.8) is 0 Å². The van der Waals surface area contributed by atoms with E-state index in [4.69, 9.17) is 9.47 Å². The molecule has 0 bridgehead atoms. The van der Waals surface area contributed by atoms with E-state index in [2.05, 4.69) is 21.2 Å². The fourth-order valence-electron chi connectivity index (χ4n) is 3.66. The monoisotopic (exact) mass is 544 g/mol. The molecule has 3 aromatic rings. The molecular weight excluding hydrogens is 524 g/mol.